The van der Waals surface area contributed by atoms with Crippen LogP contribution in [0.25, 0.3) is 11.1 Å². The van der Waals surface area contributed by atoms with Gasteiger partial charge in [0.1, 0.15) is 0 Å². The lowest BCUT2D eigenvalue weighted by Crippen LogP contribution is -2.55. The number of nitrogens with one attached hydrogen (secondary N) is 1. The molecule has 142 valence electrons. The van der Waals surface area contributed by atoms with Gasteiger partial charge in [0.25, 0.3) is 5.91 Å². The molecule has 1 aliphatic heterocycles. The molecule has 27 heavy (non-hydrogen) atoms. The van der Waals surface area contributed by atoms with Crippen molar-refractivity contribution in [2.75, 3.05) is 26.3 Å². The molecule has 2 fully saturated rings. The first-order chi connectivity index (χ1) is 13.3. The molecule has 2 unspecified atom stereocenters. The van der Waals surface area contributed by atoms with Crippen molar-refractivity contribution in [1.29, 1.82) is 0 Å². The molecule has 1 saturated carbocycles. The maximum atomic E-state index is 12.8. The Kier molecular flexibility index (Phi) is 5.85. The van der Waals surface area contributed by atoms with Gasteiger partial charge in [-0.25, -0.2) is 0 Å². The lowest BCUT2D eigenvalue weighted by molar-refractivity contribution is 0.000126. The Hall–Kier alpha value is -2.17. The largest absolute Gasteiger partial charge is 0.379 e. The maximum Gasteiger partial charge on any atom is 0.251 e. The van der Waals surface area contributed by atoms with Crippen molar-refractivity contribution in [3.63, 3.8) is 0 Å². The van der Waals surface area contributed by atoms with Gasteiger partial charge in [0.15, 0.2) is 0 Å². The van der Waals surface area contributed by atoms with Crippen LogP contribution in [0.2, 0.25) is 0 Å². The molecular formula is C23H28N2O2. The zero-order valence-corrected chi connectivity index (χ0v) is 15.8. The van der Waals surface area contributed by atoms with Crippen LogP contribution in [0.3, 0.4) is 0 Å². The van der Waals surface area contributed by atoms with Crippen molar-refractivity contribution in [3.8, 4) is 11.1 Å². The Labute approximate surface area is 161 Å². The fourth-order valence-electron chi connectivity index (χ4n) is 4.32. The van der Waals surface area contributed by atoms with E-state index < -0.39 is 0 Å². The molecule has 2 aromatic rings. The monoisotopic (exact) mass is 364 g/mol. The van der Waals surface area contributed by atoms with Crippen molar-refractivity contribution in [2.45, 2.75) is 37.8 Å². The Bertz CT molecular complexity index is 739. The van der Waals surface area contributed by atoms with E-state index in [2.05, 4.69) is 22.3 Å². The quantitative estimate of drug-likeness (QED) is 0.899. The minimum Gasteiger partial charge on any atom is -0.379 e. The molecule has 0 aromatic heterocycles. The van der Waals surface area contributed by atoms with Gasteiger partial charge in [-0.2, -0.15) is 0 Å². The number of carbonyl (C=O) groups excluding carboxylic acids is 1. The van der Waals surface area contributed by atoms with Crippen LogP contribution in [-0.2, 0) is 4.74 Å². The highest BCUT2D eigenvalue weighted by Gasteiger charge is 2.32. The summed E-state index contributed by atoms with van der Waals surface area (Å²) in [5.74, 6) is 0.0415. The standard InChI is InChI=1S/C23H28N2O2/c26-23(20-12-10-19(11-13-20)18-6-2-1-3-7-18)24-21-8-4-5-9-22(21)25-14-16-27-17-15-25/h1-3,6-7,10-13,21-22H,4-5,8-9,14-17H2,(H,24,26). The van der Waals surface area contributed by atoms with Crippen LogP contribution >= 0.6 is 0 Å². The summed E-state index contributed by atoms with van der Waals surface area (Å²) in [7, 11) is 0. The number of hydrogen-bond acceptors (Lipinski definition) is 3. The summed E-state index contributed by atoms with van der Waals surface area (Å²) in [4.78, 5) is 15.3. The van der Waals surface area contributed by atoms with E-state index in [9.17, 15) is 4.79 Å². The molecule has 1 N–H and O–H groups in total. The summed E-state index contributed by atoms with van der Waals surface area (Å²) < 4.78 is 5.49. The van der Waals surface area contributed by atoms with Crippen LogP contribution in [-0.4, -0.2) is 49.2 Å². The van der Waals surface area contributed by atoms with E-state index in [4.69, 9.17) is 4.74 Å². The van der Waals surface area contributed by atoms with Gasteiger partial charge in [0, 0.05) is 30.7 Å². The van der Waals surface area contributed by atoms with Crippen LogP contribution in [0.4, 0.5) is 0 Å². The number of rotatable bonds is 4. The third-order valence-corrected chi connectivity index (χ3v) is 5.81. The average molecular weight is 364 g/mol. The first-order valence-electron chi connectivity index (χ1n) is 10.1. The summed E-state index contributed by atoms with van der Waals surface area (Å²) >= 11 is 0. The zero-order valence-electron chi connectivity index (χ0n) is 15.8. The van der Waals surface area contributed by atoms with Crippen LogP contribution in [0.15, 0.2) is 54.6 Å². The van der Waals surface area contributed by atoms with E-state index in [1.165, 1.54) is 18.4 Å². The first-order valence-corrected chi connectivity index (χ1v) is 10.1. The van der Waals surface area contributed by atoms with Crippen LogP contribution < -0.4 is 5.32 Å². The van der Waals surface area contributed by atoms with E-state index in [0.29, 0.717) is 6.04 Å². The van der Waals surface area contributed by atoms with E-state index in [1.54, 1.807) is 0 Å². The van der Waals surface area contributed by atoms with Crippen LogP contribution in [0.5, 0.6) is 0 Å². The molecule has 4 nitrogen and oxygen atoms in total. The molecule has 0 radical (unpaired) electrons. The molecule has 1 amide bonds. The Balaban J connectivity index is 1.42. The summed E-state index contributed by atoms with van der Waals surface area (Å²) in [6.07, 6.45) is 4.67. The highest BCUT2D eigenvalue weighted by Crippen LogP contribution is 2.25. The predicted molar refractivity (Wildman–Crippen MR) is 108 cm³/mol. The second-order valence-corrected chi connectivity index (χ2v) is 7.52. The van der Waals surface area contributed by atoms with E-state index in [1.807, 2.05) is 42.5 Å². The van der Waals surface area contributed by atoms with Crippen molar-refractivity contribution in [1.82, 2.24) is 10.2 Å². The highest BCUT2D eigenvalue weighted by atomic mass is 16.5. The molecule has 2 atom stereocenters. The summed E-state index contributed by atoms with van der Waals surface area (Å²) in [5, 5.41) is 3.32. The van der Waals surface area contributed by atoms with Crippen LogP contribution in [0, 0.1) is 0 Å². The average Bonchev–Trinajstić information content (AvgIpc) is 2.75. The lowest BCUT2D eigenvalue weighted by Gasteiger charge is -2.41. The SMILES string of the molecule is O=C(NC1CCCCC1N1CCOCC1)c1ccc(-c2ccccc2)cc1. The van der Waals surface area contributed by atoms with E-state index in [0.717, 1.165) is 50.3 Å². The number of benzene rings is 2. The highest BCUT2D eigenvalue weighted by molar-refractivity contribution is 5.95. The van der Waals surface area contributed by atoms with Gasteiger partial charge in [-0.15, -0.1) is 0 Å². The topological polar surface area (TPSA) is 41.6 Å². The number of amides is 1. The van der Waals surface area contributed by atoms with Gasteiger partial charge in [0.05, 0.1) is 13.2 Å². The van der Waals surface area contributed by atoms with E-state index in [-0.39, 0.29) is 11.9 Å². The fourth-order valence-corrected chi connectivity index (χ4v) is 4.32. The van der Waals surface area contributed by atoms with Gasteiger partial charge in [-0.05, 0) is 36.1 Å². The number of nitrogens with zero attached hydrogens (tertiary/aromatic N) is 1. The fraction of sp³-hybridized carbons (Fsp3) is 0.435. The molecule has 2 aromatic carbocycles. The summed E-state index contributed by atoms with van der Waals surface area (Å²) in [6, 6.07) is 18.9. The van der Waals surface area contributed by atoms with Crippen molar-refractivity contribution >= 4 is 5.91 Å². The van der Waals surface area contributed by atoms with Gasteiger partial charge in [0.2, 0.25) is 0 Å². The third kappa shape index (κ3) is 4.40. The molecule has 2 aliphatic rings. The molecule has 1 heterocycles. The Morgan fingerprint density at radius 2 is 1.56 bits per heavy atom. The van der Waals surface area contributed by atoms with Gasteiger partial charge in [-0.3, -0.25) is 9.69 Å². The van der Waals surface area contributed by atoms with Gasteiger partial charge < -0.3 is 10.1 Å². The zero-order chi connectivity index (χ0) is 18.5. The molecular weight excluding hydrogens is 336 g/mol. The van der Waals surface area contributed by atoms with Crippen molar-refractivity contribution < 1.29 is 9.53 Å². The minimum atomic E-state index is 0.0415. The second-order valence-electron chi connectivity index (χ2n) is 7.52. The smallest absolute Gasteiger partial charge is 0.251 e. The van der Waals surface area contributed by atoms with E-state index >= 15 is 0 Å². The maximum absolute atomic E-state index is 12.8. The number of ether oxygens (including phenoxy) is 1. The molecule has 1 saturated heterocycles. The molecule has 0 spiro atoms. The second kappa shape index (κ2) is 8.68. The summed E-state index contributed by atoms with van der Waals surface area (Å²) in [6.45, 7) is 3.56. The number of hydrogen-bond donors (Lipinski definition) is 1. The first kappa shape index (κ1) is 18.2. The molecule has 4 heteroatoms. The van der Waals surface area contributed by atoms with Crippen molar-refractivity contribution in [3.05, 3.63) is 60.2 Å². The van der Waals surface area contributed by atoms with Crippen LogP contribution in [0.1, 0.15) is 36.0 Å². The van der Waals surface area contributed by atoms with Crippen molar-refractivity contribution in [2.24, 2.45) is 0 Å². The minimum absolute atomic E-state index is 0.0415. The lowest BCUT2D eigenvalue weighted by atomic mass is 9.88. The Morgan fingerprint density at radius 3 is 2.30 bits per heavy atom. The predicted octanol–water partition coefficient (Wildman–Crippen LogP) is 3.73. The number of carbonyl (C=O) groups is 1. The third-order valence-electron chi connectivity index (χ3n) is 5.81. The molecule has 4 rings (SSSR count). The molecule has 1 aliphatic carbocycles. The summed E-state index contributed by atoms with van der Waals surface area (Å²) in [5.41, 5.74) is 3.04. The van der Waals surface area contributed by atoms with Gasteiger partial charge in [-0.1, -0.05) is 55.3 Å². The Morgan fingerprint density at radius 1 is 0.889 bits per heavy atom. The number of morpholine rings is 1. The van der Waals surface area contributed by atoms with Gasteiger partial charge >= 0.3 is 0 Å². The normalized spacial score (nSPS) is 23.7. The molecule has 0 bridgehead atoms.